The molecule has 2 fully saturated rings. The molecule has 1 N–H and O–H groups in total. The Bertz CT molecular complexity index is 1810. The van der Waals surface area contributed by atoms with E-state index in [4.69, 9.17) is 32.7 Å². The molecule has 0 radical (unpaired) electrons. The van der Waals surface area contributed by atoms with Crippen molar-refractivity contribution in [2.75, 3.05) is 29.9 Å². The zero-order valence-corrected chi connectivity index (χ0v) is 28.6. The molecule has 18 heteroatoms. The largest absolute Gasteiger partial charge is 0.489 e. The maximum atomic E-state index is 13.7. The van der Waals surface area contributed by atoms with E-state index in [0.717, 1.165) is 35.2 Å². The first-order chi connectivity index (χ1) is 22.2. The van der Waals surface area contributed by atoms with Crippen molar-refractivity contribution < 1.29 is 44.6 Å². The quantitative estimate of drug-likeness (QED) is 0.203. The van der Waals surface area contributed by atoms with Crippen molar-refractivity contribution in [1.29, 1.82) is 0 Å². The summed E-state index contributed by atoms with van der Waals surface area (Å²) in [4.78, 5) is 17.5. The Morgan fingerprint density at radius 1 is 1.06 bits per heavy atom. The third-order valence-electron chi connectivity index (χ3n) is 7.14. The first-order valence-corrected chi connectivity index (χ1v) is 19.3. The average Bonchev–Trinajstić information content (AvgIpc) is 3.69. The number of nitrogens with zero attached hydrogens (tertiary/aromatic N) is 2. The van der Waals surface area contributed by atoms with Gasteiger partial charge in [-0.1, -0.05) is 29.3 Å². The molecule has 11 nitrogen and oxygen atoms in total. The van der Waals surface area contributed by atoms with Crippen molar-refractivity contribution in [3.63, 3.8) is 0 Å². The number of pyridine rings is 1. The summed E-state index contributed by atoms with van der Waals surface area (Å²) in [5, 5.41) is -0.893. The van der Waals surface area contributed by atoms with Crippen LogP contribution in [-0.2, 0) is 36.0 Å². The van der Waals surface area contributed by atoms with Gasteiger partial charge in [-0.15, -0.1) is 11.8 Å². The van der Waals surface area contributed by atoms with Crippen LogP contribution in [0.25, 0.3) is 0 Å². The molecule has 1 saturated heterocycles. The fourth-order valence-corrected chi connectivity index (χ4v) is 8.83. The summed E-state index contributed by atoms with van der Waals surface area (Å²) in [6.45, 7) is -2.82. The Balaban J connectivity index is 1.43. The van der Waals surface area contributed by atoms with Crippen molar-refractivity contribution in [2.45, 2.75) is 42.2 Å². The molecule has 2 unspecified atom stereocenters. The van der Waals surface area contributed by atoms with Gasteiger partial charge in [0, 0.05) is 36.8 Å². The minimum atomic E-state index is -4.22. The number of anilines is 1. The third kappa shape index (κ3) is 9.18. The molecule has 1 aromatic heterocycles. The monoisotopic (exact) mass is 751 g/mol. The standard InChI is InChI=1S/C29H29Cl2F2N3O8S3/c1-46(38,39)35-19-5-7-20(8-6-19)47(40,41)36-10-11-45-27(36)28(37)43-25(13-21-22(30)14-34-15-23(21)31)18-4-9-24(44-29(32)33)26(12-18)42-16-17-2-3-17/h4-9,12,14-15,17,25,27,29,35H,2-3,10-11,13,16H2,1H3. The Labute approximate surface area is 285 Å². The highest BCUT2D eigenvalue weighted by molar-refractivity contribution is 8.02. The number of nitrogens with one attached hydrogen (secondary N) is 1. The topological polar surface area (TPSA) is 141 Å². The fraction of sp³-hybridized carbons (Fsp3) is 0.379. The second kappa shape index (κ2) is 14.7. The number of ether oxygens (including phenoxy) is 3. The van der Waals surface area contributed by atoms with Gasteiger partial charge in [-0.05, 0) is 66.3 Å². The molecule has 0 amide bonds. The van der Waals surface area contributed by atoms with Gasteiger partial charge in [0.25, 0.3) is 0 Å². The molecule has 254 valence electrons. The van der Waals surface area contributed by atoms with Crippen LogP contribution in [0.15, 0.2) is 59.8 Å². The first kappa shape index (κ1) is 35.4. The van der Waals surface area contributed by atoms with E-state index in [9.17, 15) is 30.4 Å². The highest BCUT2D eigenvalue weighted by Crippen LogP contribution is 2.39. The maximum Gasteiger partial charge on any atom is 0.387 e. The number of thioether (sulfide) groups is 1. The molecule has 1 aliphatic heterocycles. The summed E-state index contributed by atoms with van der Waals surface area (Å²) in [5.41, 5.74) is 0.891. The summed E-state index contributed by atoms with van der Waals surface area (Å²) in [6, 6.07) is 9.21. The molecule has 2 aliphatic rings. The van der Waals surface area contributed by atoms with Crippen molar-refractivity contribution >= 4 is 66.7 Å². The summed E-state index contributed by atoms with van der Waals surface area (Å²) in [6.07, 6.45) is 4.41. The SMILES string of the molecule is CS(=O)(=O)Nc1ccc(S(=O)(=O)N2CCSC2C(=O)OC(Cc2c(Cl)cncc2Cl)c2ccc(OC(F)F)c(OCC3CC3)c2)cc1. The lowest BCUT2D eigenvalue weighted by Crippen LogP contribution is -2.40. The Morgan fingerprint density at radius 2 is 1.74 bits per heavy atom. The molecule has 0 bridgehead atoms. The van der Waals surface area contributed by atoms with Gasteiger partial charge in [-0.3, -0.25) is 9.71 Å². The molecule has 47 heavy (non-hydrogen) atoms. The Morgan fingerprint density at radius 3 is 2.36 bits per heavy atom. The lowest BCUT2D eigenvalue weighted by Gasteiger charge is -2.26. The minimum Gasteiger partial charge on any atom is -0.489 e. The lowest BCUT2D eigenvalue weighted by molar-refractivity contribution is -0.150. The zero-order chi connectivity index (χ0) is 33.9. The summed E-state index contributed by atoms with van der Waals surface area (Å²) in [7, 11) is -7.80. The van der Waals surface area contributed by atoms with Crippen LogP contribution in [0.3, 0.4) is 0 Å². The predicted octanol–water partition coefficient (Wildman–Crippen LogP) is 5.74. The predicted molar refractivity (Wildman–Crippen MR) is 173 cm³/mol. The molecular formula is C29H29Cl2F2N3O8S3. The second-order valence-corrected chi connectivity index (χ2v) is 16.4. The first-order valence-electron chi connectivity index (χ1n) is 14.1. The molecule has 2 aromatic carbocycles. The number of carbonyl (C=O) groups excluding carboxylic acids is 1. The highest BCUT2D eigenvalue weighted by Gasteiger charge is 2.42. The van der Waals surface area contributed by atoms with Crippen LogP contribution >= 0.6 is 35.0 Å². The van der Waals surface area contributed by atoms with Crippen molar-refractivity contribution in [1.82, 2.24) is 9.29 Å². The van der Waals surface area contributed by atoms with Crippen molar-refractivity contribution in [3.8, 4) is 11.5 Å². The molecule has 2 heterocycles. The van der Waals surface area contributed by atoms with E-state index < -0.39 is 44.1 Å². The second-order valence-electron chi connectivity index (χ2n) is 10.8. The van der Waals surface area contributed by atoms with Crippen LogP contribution in [0.4, 0.5) is 14.5 Å². The number of esters is 1. The molecular weight excluding hydrogens is 723 g/mol. The Kier molecular flexibility index (Phi) is 11.1. The van der Waals surface area contributed by atoms with E-state index in [1.54, 1.807) is 0 Å². The van der Waals surface area contributed by atoms with Gasteiger partial charge in [-0.2, -0.15) is 13.1 Å². The number of hydrogen-bond donors (Lipinski definition) is 1. The van der Waals surface area contributed by atoms with Gasteiger partial charge in [0.15, 0.2) is 16.9 Å². The zero-order valence-electron chi connectivity index (χ0n) is 24.6. The third-order valence-corrected chi connectivity index (χ3v) is 11.6. The maximum absolute atomic E-state index is 13.7. The number of aromatic nitrogens is 1. The molecule has 3 aromatic rings. The van der Waals surface area contributed by atoms with E-state index in [2.05, 4.69) is 14.4 Å². The summed E-state index contributed by atoms with van der Waals surface area (Å²) < 4.78 is 96.3. The number of halogens is 4. The highest BCUT2D eigenvalue weighted by atomic mass is 35.5. The number of sulfonamides is 2. The molecule has 1 saturated carbocycles. The van der Waals surface area contributed by atoms with Crippen LogP contribution in [0.1, 0.15) is 30.1 Å². The van der Waals surface area contributed by atoms with Gasteiger partial charge in [-0.25, -0.2) is 21.6 Å². The molecule has 5 rings (SSSR count). The van der Waals surface area contributed by atoms with Gasteiger partial charge >= 0.3 is 12.6 Å². The fourth-order valence-electron chi connectivity index (χ4n) is 4.70. The number of benzene rings is 2. The van der Waals surface area contributed by atoms with E-state index in [-0.39, 0.29) is 57.5 Å². The smallest absolute Gasteiger partial charge is 0.387 e. The van der Waals surface area contributed by atoms with Crippen molar-refractivity contribution in [2.24, 2.45) is 5.92 Å². The lowest BCUT2D eigenvalue weighted by atomic mass is 10.0. The summed E-state index contributed by atoms with van der Waals surface area (Å²) in [5.74, 6) is -0.475. The van der Waals surface area contributed by atoms with E-state index >= 15 is 0 Å². The van der Waals surface area contributed by atoms with Crippen LogP contribution in [-0.4, -0.2) is 69.2 Å². The number of rotatable bonds is 14. The van der Waals surface area contributed by atoms with E-state index in [1.165, 1.54) is 54.9 Å². The van der Waals surface area contributed by atoms with Crippen molar-refractivity contribution in [3.05, 3.63) is 76.0 Å². The van der Waals surface area contributed by atoms with Gasteiger partial charge in [0.2, 0.25) is 20.0 Å². The van der Waals surface area contributed by atoms with Gasteiger partial charge in [0.1, 0.15) is 6.10 Å². The van der Waals surface area contributed by atoms with E-state index in [0.29, 0.717) is 17.0 Å². The van der Waals surface area contributed by atoms with Crippen LogP contribution in [0.2, 0.25) is 10.0 Å². The molecule has 1 aliphatic carbocycles. The normalized spacial score (nSPS) is 17.8. The number of hydrogen-bond acceptors (Lipinski definition) is 10. The summed E-state index contributed by atoms with van der Waals surface area (Å²) >= 11 is 13.8. The Hall–Kier alpha value is -2.89. The number of alkyl halides is 2. The average molecular weight is 753 g/mol. The van der Waals surface area contributed by atoms with Crippen LogP contribution < -0.4 is 14.2 Å². The minimum absolute atomic E-state index is 0.00159. The van der Waals surface area contributed by atoms with Gasteiger partial charge < -0.3 is 14.2 Å². The number of carbonyl (C=O) groups is 1. The molecule has 0 spiro atoms. The van der Waals surface area contributed by atoms with Gasteiger partial charge in [0.05, 0.1) is 27.8 Å². The van der Waals surface area contributed by atoms with E-state index in [1.807, 2.05) is 0 Å². The van der Waals surface area contributed by atoms with Crippen LogP contribution in [0.5, 0.6) is 11.5 Å². The molecule has 2 atom stereocenters. The van der Waals surface area contributed by atoms with Crippen LogP contribution in [0, 0.1) is 5.92 Å².